The molecular formula is C11H14ClF2NO2S. The Hall–Kier alpha value is -0.880. The molecule has 0 aliphatic rings. The highest BCUT2D eigenvalue weighted by Crippen LogP contribution is 2.22. The van der Waals surface area contributed by atoms with E-state index < -0.39 is 15.6 Å². The third kappa shape index (κ3) is 3.11. The van der Waals surface area contributed by atoms with Gasteiger partial charge in [0, 0.05) is 24.7 Å². The van der Waals surface area contributed by atoms with E-state index >= 15 is 0 Å². The quantitative estimate of drug-likeness (QED) is 0.784. The van der Waals surface area contributed by atoms with Crippen molar-refractivity contribution in [1.82, 2.24) is 0 Å². The van der Waals surface area contributed by atoms with E-state index in [9.17, 15) is 17.2 Å². The zero-order valence-electron chi connectivity index (χ0n) is 9.98. The van der Waals surface area contributed by atoms with Crippen LogP contribution in [0.15, 0.2) is 29.2 Å². The zero-order valence-corrected chi connectivity index (χ0v) is 11.5. The maximum Gasteiger partial charge on any atom is 0.341 e. The Morgan fingerprint density at radius 1 is 1.28 bits per heavy atom. The molecule has 0 aliphatic carbocycles. The van der Waals surface area contributed by atoms with Gasteiger partial charge >= 0.3 is 5.76 Å². The summed E-state index contributed by atoms with van der Waals surface area (Å²) < 4.78 is 47.1. The highest BCUT2D eigenvalue weighted by molar-refractivity contribution is 7.91. The Labute approximate surface area is 110 Å². The van der Waals surface area contributed by atoms with Gasteiger partial charge in [-0.3, -0.25) is 0 Å². The van der Waals surface area contributed by atoms with Crippen LogP contribution in [0.2, 0.25) is 0 Å². The summed E-state index contributed by atoms with van der Waals surface area (Å²) in [5.74, 6) is -2.99. The SMILES string of the molecule is CC(CCl)N(C)c1ccc(S(=O)(=O)C(F)F)cc1. The minimum absolute atomic E-state index is 0.0595. The average Bonchev–Trinajstić information content (AvgIpc) is 2.36. The fraction of sp³-hybridized carbons (Fsp3) is 0.455. The summed E-state index contributed by atoms with van der Waals surface area (Å²) >= 11 is 5.71. The molecule has 0 saturated heterocycles. The molecule has 0 bridgehead atoms. The number of benzene rings is 1. The second kappa shape index (κ2) is 5.84. The van der Waals surface area contributed by atoms with Crippen molar-refractivity contribution in [2.75, 3.05) is 17.8 Å². The Morgan fingerprint density at radius 2 is 1.78 bits per heavy atom. The van der Waals surface area contributed by atoms with Gasteiger partial charge in [-0.15, -0.1) is 11.6 Å². The Bertz CT molecular complexity index is 490. The predicted molar refractivity (Wildman–Crippen MR) is 68.2 cm³/mol. The van der Waals surface area contributed by atoms with Crippen LogP contribution in [0, 0.1) is 0 Å². The lowest BCUT2D eigenvalue weighted by atomic mass is 10.2. The van der Waals surface area contributed by atoms with Crippen LogP contribution in [-0.4, -0.2) is 33.1 Å². The minimum atomic E-state index is -4.52. The highest BCUT2D eigenvalue weighted by Gasteiger charge is 2.26. The van der Waals surface area contributed by atoms with E-state index in [4.69, 9.17) is 11.6 Å². The van der Waals surface area contributed by atoms with Crippen LogP contribution in [0.3, 0.4) is 0 Å². The number of anilines is 1. The van der Waals surface area contributed by atoms with Crippen LogP contribution in [0.25, 0.3) is 0 Å². The number of hydrogen-bond acceptors (Lipinski definition) is 3. The van der Waals surface area contributed by atoms with Gasteiger partial charge in [-0.2, -0.15) is 8.78 Å². The second-order valence-electron chi connectivity index (χ2n) is 3.91. The van der Waals surface area contributed by atoms with Crippen LogP contribution < -0.4 is 4.90 Å². The molecule has 1 atom stereocenters. The number of nitrogens with zero attached hydrogens (tertiary/aromatic N) is 1. The summed E-state index contributed by atoms with van der Waals surface area (Å²) in [6, 6.07) is 5.38. The fourth-order valence-corrected chi connectivity index (χ4v) is 2.26. The van der Waals surface area contributed by atoms with Crippen molar-refractivity contribution < 1.29 is 17.2 Å². The first-order chi connectivity index (χ1) is 8.30. The first-order valence-corrected chi connectivity index (χ1v) is 7.29. The third-order valence-electron chi connectivity index (χ3n) is 2.69. The van der Waals surface area contributed by atoms with Gasteiger partial charge in [0.05, 0.1) is 4.90 Å². The molecule has 0 fully saturated rings. The van der Waals surface area contributed by atoms with Crippen LogP contribution in [-0.2, 0) is 9.84 Å². The molecule has 0 saturated carbocycles. The normalized spacial score (nSPS) is 13.7. The molecular weight excluding hydrogens is 284 g/mol. The summed E-state index contributed by atoms with van der Waals surface area (Å²) in [4.78, 5) is 1.46. The second-order valence-corrected chi connectivity index (χ2v) is 6.14. The maximum atomic E-state index is 12.3. The standard InChI is InChI=1S/C11H14ClF2NO2S/c1-8(7-12)15(2)9-3-5-10(6-4-9)18(16,17)11(13)14/h3-6,8,11H,7H2,1-2H3. The number of halogens is 3. The van der Waals surface area contributed by atoms with Crippen LogP contribution >= 0.6 is 11.6 Å². The van der Waals surface area contributed by atoms with Crippen molar-refractivity contribution in [1.29, 1.82) is 0 Å². The number of alkyl halides is 3. The van der Waals surface area contributed by atoms with Gasteiger partial charge in [0.1, 0.15) is 0 Å². The molecule has 1 unspecified atom stereocenters. The Kier molecular flexibility index (Phi) is 4.92. The lowest BCUT2D eigenvalue weighted by Crippen LogP contribution is -2.30. The highest BCUT2D eigenvalue weighted by atomic mass is 35.5. The molecule has 1 aromatic carbocycles. The number of rotatable bonds is 5. The van der Waals surface area contributed by atoms with E-state index in [1.807, 2.05) is 11.8 Å². The van der Waals surface area contributed by atoms with Gasteiger partial charge in [0.15, 0.2) is 0 Å². The molecule has 18 heavy (non-hydrogen) atoms. The molecule has 0 aliphatic heterocycles. The first kappa shape index (κ1) is 15.2. The molecule has 0 radical (unpaired) electrons. The number of hydrogen-bond donors (Lipinski definition) is 0. The van der Waals surface area contributed by atoms with Crippen molar-refractivity contribution in [2.45, 2.75) is 23.6 Å². The minimum Gasteiger partial charge on any atom is -0.371 e. The van der Waals surface area contributed by atoms with Crippen LogP contribution in [0.5, 0.6) is 0 Å². The largest absolute Gasteiger partial charge is 0.371 e. The van der Waals surface area contributed by atoms with Gasteiger partial charge in [0.25, 0.3) is 0 Å². The van der Waals surface area contributed by atoms with Crippen LogP contribution in [0.4, 0.5) is 14.5 Å². The molecule has 3 nitrogen and oxygen atoms in total. The molecule has 0 aromatic heterocycles. The van der Waals surface area contributed by atoms with Gasteiger partial charge < -0.3 is 4.90 Å². The van der Waals surface area contributed by atoms with E-state index in [1.165, 1.54) is 24.3 Å². The molecule has 0 N–H and O–H groups in total. The van der Waals surface area contributed by atoms with Crippen molar-refractivity contribution in [3.63, 3.8) is 0 Å². The molecule has 0 amide bonds. The van der Waals surface area contributed by atoms with Gasteiger partial charge in [-0.25, -0.2) is 8.42 Å². The van der Waals surface area contributed by atoms with E-state index in [1.54, 1.807) is 7.05 Å². The molecule has 0 heterocycles. The summed E-state index contributed by atoms with van der Waals surface area (Å²) in [5, 5.41) is 0. The van der Waals surface area contributed by atoms with E-state index in [0.29, 0.717) is 5.88 Å². The van der Waals surface area contributed by atoms with E-state index in [0.717, 1.165) is 5.69 Å². The fourth-order valence-electron chi connectivity index (χ4n) is 1.33. The lowest BCUT2D eigenvalue weighted by molar-refractivity contribution is 0.234. The topological polar surface area (TPSA) is 37.4 Å². The summed E-state index contributed by atoms with van der Waals surface area (Å²) in [6.07, 6.45) is 0. The van der Waals surface area contributed by atoms with Crippen molar-refractivity contribution in [2.24, 2.45) is 0 Å². The number of sulfone groups is 1. The van der Waals surface area contributed by atoms with Crippen molar-refractivity contribution >= 4 is 27.1 Å². The lowest BCUT2D eigenvalue weighted by Gasteiger charge is -2.25. The zero-order chi connectivity index (χ0) is 13.9. The molecule has 1 rings (SSSR count). The van der Waals surface area contributed by atoms with Gasteiger partial charge in [0.2, 0.25) is 9.84 Å². The summed E-state index contributed by atoms with van der Waals surface area (Å²) in [6.45, 7) is 1.90. The van der Waals surface area contributed by atoms with Crippen molar-refractivity contribution in [3.05, 3.63) is 24.3 Å². The molecule has 0 spiro atoms. The summed E-state index contributed by atoms with van der Waals surface area (Å²) in [5.41, 5.74) is 0.719. The predicted octanol–water partition coefficient (Wildman–Crippen LogP) is 2.75. The average molecular weight is 298 g/mol. The van der Waals surface area contributed by atoms with Gasteiger partial charge in [-0.1, -0.05) is 0 Å². The van der Waals surface area contributed by atoms with Crippen molar-refractivity contribution in [3.8, 4) is 0 Å². The van der Waals surface area contributed by atoms with Crippen LogP contribution in [0.1, 0.15) is 6.92 Å². The summed E-state index contributed by atoms with van der Waals surface area (Å²) in [7, 11) is -2.73. The molecule has 102 valence electrons. The monoisotopic (exact) mass is 297 g/mol. The van der Waals surface area contributed by atoms with Gasteiger partial charge in [-0.05, 0) is 31.2 Å². The third-order valence-corrected chi connectivity index (χ3v) is 4.54. The first-order valence-electron chi connectivity index (χ1n) is 5.21. The van der Waals surface area contributed by atoms with E-state index in [-0.39, 0.29) is 10.9 Å². The molecule has 1 aromatic rings. The Balaban J connectivity index is 3.01. The van der Waals surface area contributed by atoms with E-state index in [2.05, 4.69) is 0 Å². The molecule has 7 heteroatoms. The Morgan fingerprint density at radius 3 is 2.17 bits per heavy atom. The maximum absolute atomic E-state index is 12.3. The smallest absolute Gasteiger partial charge is 0.341 e.